The molecular weight excluding hydrogens is 454 g/mol. The standard InChI is InChI=1S/C24H25N5O4S/c1-15-6-11-21(32-5)22(14-15)34(30,31)28-19-7-9-20(10-8-19)33-24-13-12-23(25-26-24)29-18(4)16(2)17(3)27-29/h6-14,28H,1-5H3. The summed E-state index contributed by atoms with van der Waals surface area (Å²) >= 11 is 0. The van der Waals surface area contributed by atoms with E-state index in [1.54, 1.807) is 59.3 Å². The first-order chi connectivity index (χ1) is 16.2. The maximum Gasteiger partial charge on any atom is 0.265 e. The summed E-state index contributed by atoms with van der Waals surface area (Å²) in [5, 5.41) is 12.8. The largest absolute Gasteiger partial charge is 0.495 e. The van der Waals surface area contributed by atoms with Crippen LogP contribution in [0.4, 0.5) is 5.69 Å². The van der Waals surface area contributed by atoms with Crippen LogP contribution >= 0.6 is 0 Å². The van der Waals surface area contributed by atoms with Gasteiger partial charge in [-0.1, -0.05) is 6.07 Å². The van der Waals surface area contributed by atoms with Crippen molar-refractivity contribution >= 4 is 15.7 Å². The summed E-state index contributed by atoms with van der Waals surface area (Å²) in [6.45, 7) is 7.76. The third kappa shape index (κ3) is 4.72. The zero-order valence-electron chi connectivity index (χ0n) is 19.5. The number of aromatic nitrogens is 4. The van der Waals surface area contributed by atoms with Crippen molar-refractivity contribution in [2.45, 2.75) is 32.6 Å². The molecule has 0 aliphatic carbocycles. The fraction of sp³-hybridized carbons (Fsp3) is 0.208. The molecule has 0 saturated heterocycles. The number of nitrogens with one attached hydrogen (secondary N) is 1. The molecule has 4 aromatic rings. The number of sulfonamides is 1. The van der Waals surface area contributed by atoms with Gasteiger partial charge in [0.05, 0.1) is 12.8 Å². The molecule has 9 nitrogen and oxygen atoms in total. The van der Waals surface area contributed by atoms with Crippen molar-refractivity contribution in [1.29, 1.82) is 0 Å². The number of nitrogens with zero attached hydrogens (tertiary/aromatic N) is 4. The van der Waals surface area contributed by atoms with Gasteiger partial charge in [-0.25, -0.2) is 13.1 Å². The Hall–Kier alpha value is -3.92. The number of anilines is 1. The lowest BCUT2D eigenvalue weighted by molar-refractivity contribution is 0.402. The fourth-order valence-electron chi connectivity index (χ4n) is 3.34. The molecule has 0 aliphatic heterocycles. The van der Waals surface area contributed by atoms with Gasteiger partial charge >= 0.3 is 0 Å². The van der Waals surface area contributed by atoms with Crippen LogP contribution in [-0.4, -0.2) is 35.5 Å². The monoisotopic (exact) mass is 479 g/mol. The molecule has 0 atom stereocenters. The Kier molecular flexibility index (Phi) is 6.25. The quantitative estimate of drug-likeness (QED) is 0.416. The van der Waals surface area contributed by atoms with Gasteiger partial charge in [0, 0.05) is 17.4 Å². The molecular formula is C24H25N5O4S. The number of ether oxygens (including phenoxy) is 2. The lowest BCUT2D eigenvalue weighted by Crippen LogP contribution is -2.14. The van der Waals surface area contributed by atoms with Crippen molar-refractivity contribution in [3.05, 3.63) is 77.1 Å². The van der Waals surface area contributed by atoms with Crippen LogP contribution in [0, 0.1) is 27.7 Å². The molecule has 176 valence electrons. The van der Waals surface area contributed by atoms with E-state index in [1.807, 2.05) is 27.7 Å². The molecule has 0 spiro atoms. The van der Waals surface area contributed by atoms with E-state index in [4.69, 9.17) is 9.47 Å². The minimum absolute atomic E-state index is 0.0727. The summed E-state index contributed by atoms with van der Waals surface area (Å²) in [6, 6.07) is 15.0. The van der Waals surface area contributed by atoms with E-state index in [9.17, 15) is 8.42 Å². The minimum Gasteiger partial charge on any atom is -0.495 e. The van der Waals surface area contributed by atoms with E-state index in [-0.39, 0.29) is 10.6 Å². The topological polar surface area (TPSA) is 108 Å². The van der Waals surface area contributed by atoms with Gasteiger partial charge in [0.1, 0.15) is 16.4 Å². The SMILES string of the molecule is COc1ccc(C)cc1S(=O)(=O)Nc1ccc(Oc2ccc(-n3nc(C)c(C)c3C)nn2)cc1. The zero-order valence-corrected chi connectivity index (χ0v) is 20.3. The Bertz CT molecular complexity index is 1430. The predicted molar refractivity (Wildman–Crippen MR) is 128 cm³/mol. The van der Waals surface area contributed by atoms with Gasteiger partial charge in [0.15, 0.2) is 5.82 Å². The second-order valence-electron chi connectivity index (χ2n) is 7.82. The van der Waals surface area contributed by atoms with Crippen LogP contribution in [0.3, 0.4) is 0 Å². The smallest absolute Gasteiger partial charge is 0.265 e. The second kappa shape index (κ2) is 9.14. The molecule has 1 N–H and O–H groups in total. The first kappa shape index (κ1) is 23.2. The summed E-state index contributed by atoms with van der Waals surface area (Å²) in [6.07, 6.45) is 0. The number of hydrogen-bond acceptors (Lipinski definition) is 7. The lowest BCUT2D eigenvalue weighted by atomic mass is 10.2. The summed E-state index contributed by atoms with van der Waals surface area (Å²) in [5.74, 6) is 1.66. The average Bonchev–Trinajstić information content (AvgIpc) is 3.08. The van der Waals surface area contributed by atoms with E-state index < -0.39 is 10.0 Å². The molecule has 0 fully saturated rings. The minimum atomic E-state index is -3.83. The van der Waals surface area contributed by atoms with Gasteiger partial charge in [-0.2, -0.15) is 5.10 Å². The van der Waals surface area contributed by atoms with Gasteiger partial charge in [-0.3, -0.25) is 4.72 Å². The molecule has 10 heteroatoms. The molecule has 0 bridgehead atoms. The van der Waals surface area contributed by atoms with E-state index in [2.05, 4.69) is 20.0 Å². The number of rotatable bonds is 7. The van der Waals surface area contributed by atoms with Gasteiger partial charge < -0.3 is 9.47 Å². The van der Waals surface area contributed by atoms with E-state index in [0.717, 1.165) is 22.5 Å². The number of benzene rings is 2. The van der Waals surface area contributed by atoms with Crippen LogP contribution in [0.5, 0.6) is 17.4 Å². The maximum absolute atomic E-state index is 12.9. The average molecular weight is 480 g/mol. The van der Waals surface area contributed by atoms with Gasteiger partial charge in [0.2, 0.25) is 5.88 Å². The molecule has 0 amide bonds. The van der Waals surface area contributed by atoms with Crippen LogP contribution < -0.4 is 14.2 Å². The summed E-state index contributed by atoms with van der Waals surface area (Å²) in [5.41, 5.74) is 4.25. The summed E-state index contributed by atoms with van der Waals surface area (Å²) < 4.78 is 41.0. The molecule has 2 aromatic heterocycles. The maximum atomic E-state index is 12.9. The van der Waals surface area contributed by atoms with Gasteiger partial charge in [-0.15, -0.1) is 10.2 Å². The molecule has 0 saturated carbocycles. The highest BCUT2D eigenvalue weighted by molar-refractivity contribution is 7.92. The van der Waals surface area contributed by atoms with Crippen molar-refractivity contribution in [3.8, 4) is 23.2 Å². The third-order valence-electron chi connectivity index (χ3n) is 5.43. The molecule has 34 heavy (non-hydrogen) atoms. The fourth-order valence-corrected chi connectivity index (χ4v) is 4.65. The third-order valence-corrected chi connectivity index (χ3v) is 6.84. The molecule has 2 aromatic carbocycles. The van der Waals surface area contributed by atoms with Crippen LogP contribution in [-0.2, 0) is 10.0 Å². The lowest BCUT2D eigenvalue weighted by Gasteiger charge is -2.13. The first-order valence-electron chi connectivity index (χ1n) is 10.5. The summed E-state index contributed by atoms with van der Waals surface area (Å²) in [4.78, 5) is 0.0727. The van der Waals surface area contributed by atoms with E-state index in [1.165, 1.54) is 7.11 Å². The van der Waals surface area contributed by atoms with Crippen molar-refractivity contribution < 1.29 is 17.9 Å². The molecule has 0 radical (unpaired) electrons. The zero-order chi connectivity index (χ0) is 24.5. The Morgan fingerprint density at radius 3 is 2.24 bits per heavy atom. The number of hydrogen-bond donors (Lipinski definition) is 1. The highest BCUT2D eigenvalue weighted by Crippen LogP contribution is 2.28. The van der Waals surface area contributed by atoms with Gasteiger partial charge in [-0.05, 0) is 81.3 Å². The van der Waals surface area contributed by atoms with Crippen molar-refractivity contribution in [2.24, 2.45) is 0 Å². The molecule has 0 unspecified atom stereocenters. The van der Waals surface area contributed by atoms with Crippen molar-refractivity contribution in [3.63, 3.8) is 0 Å². The van der Waals surface area contributed by atoms with Crippen LogP contribution in [0.2, 0.25) is 0 Å². The Morgan fingerprint density at radius 2 is 1.65 bits per heavy atom. The van der Waals surface area contributed by atoms with Crippen molar-refractivity contribution in [2.75, 3.05) is 11.8 Å². The number of aryl methyl sites for hydroxylation is 2. The van der Waals surface area contributed by atoms with Crippen LogP contribution in [0.15, 0.2) is 59.5 Å². The molecule has 4 rings (SSSR count). The summed E-state index contributed by atoms with van der Waals surface area (Å²) in [7, 11) is -2.40. The second-order valence-corrected chi connectivity index (χ2v) is 9.47. The highest BCUT2D eigenvalue weighted by atomic mass is 32.2. The van der Waals surface area contributed by atoms with Crippen LogP contribution in [0.1, 0.15) is 22.5 Å². The van der Waals surface area contributed by atoms with Crippen LogP contribution in [0.25, 0.3) is 5.82 Å². The first-order valence-corrected chi connectivity index (χ1v) is 12.0. The molecule has 2 heterocycles. The number of methoxy groups -OCH3 is 1. The normalized spacial score (nSPS) is 11.3. The van der Waals surface area contributed by atoms with Gasteiger partial charge in [0.25, 0.3) is 10.0 Å². The highest BCUT2D eigenvalue weighted by Gasteiger charge is 2.20. The van der Waals surface area contributed by atoms with Crippen molar-refractivity contribution in [1.82, 2.24) is 20.0 Å². The Balaban J connectivity index is 1.47. The van der Waals surface area contributed by atoms with E-state index >= 15 is 0 Å². The molecule has 0 aliphatic rings. The van der Waals surface area contributed by atoms with E-state index in [0.29, 0.717) is 23.1 Å². The Labute approximate surface area is 198 Å². The Morgan fingerprint density at radius 1 is 0.912 bits per heavy atom. The predicted octanol–water partition coefficient (Wildman–Crippen LogP) is 4.50.